The molecule has 0 unspecified atom stereocenters. The molecular weight excluding hydrogens is 254 g/mol. The molecule has 2 rings (SSSR count). The first-order valence-corrected chi connectivity index (χ1v) is 6.01. The molecule has 0 amide bonds. The molecule has 2 N–H and O–H groups in total. The van der Waals surface area contributed by atoms with Crippen molar-refractivity contribution >= 4 is 11.6 Å². The van der Waals surface area contributed by atoms with Gasteiger partial charge in [-0.1, -0.05) is 23.7 Å². The summed E-state index contributed by atoms with van der Waals surface area (Å²) in [4.78, 5) is 1.51. The van der Waals surface area contributed by atoms with Crippen LogP contribution in [0.25, 0.3) is 0 Å². The number of rotatable bonds is 6. The zero-order valence-electron chi connectivity index (χ0n) is 9.79. The Hall–Kier alpha value is -1.66. The smallest absolute Gasteiger partial charge is 0.212 e. The highest BCUT2D eigenvalue weighted by atomic mass is 35.5. The molecule has 0 bridgehead atoms. The van der Waals surface area contributed by atoms with Crippen LogP contribution in [-0.2, 0) is 13.2 Å². The van der Waals surface area contributed by atoms with Crippen molar-refractivity contribution in [2.24, 2.45) is 5.73 Å². The van der Waals surface area contributed by atoms with Crippen LogP contribution < -0.4 is 10.5 Å². The highest BCUT2D eigenvalue weighted by Crippen LogP contribution is 2.23. The summed E-state index contributed by atoms with van der Waals surface area (Å²) in [5, 5.41) is 12.5. The summed E-state index contributed by atoms with van der Waals surface area (Å²) in [5.74, 6) is 1.13. The normalized spacial score (nSPS) is 10.6. The fourth-order valence-corrected chi connectivity index (χ4v) is 1.56. The van der Waals surface area contributed by atoms with Crippen LogP contribution in [0.2, 0.25) is 5.02 Å². The second-order valence-electron chi connectivity index (χ2n) is 3.66. The van der Waals surface area contributed by atoms with Crippen molar-refractivity contribution in [1.82, 2.24) is 20.2 Å². The van der Waals surface area contributed by atoms with Crippen LogP contribution in [0.4, 0.5) is 0 Å². The minimum absolute atomic E-state index is 0.242. The predicted octanol–water partition coefficient (Wildman–Crippen LogP) is 1.25. The summed E-state index contributed by atoms with van der Waals surface area (Å²) >= 11 is 5.96. The molecule has 1 aromatic carbocycles. The van der Waals surface area contributed by atoms with E-state index < -0.39 is 0 Å². The van der Waals surface area contributed by atoms with Crippen LogP contribution in [0.5, 0.6) is 5.75 Å². The monoisotopic (exact) mass is 267 g/mol. The van der Waals surface area contributed by atoms with Crippen LogP contribution in [0, 0.1) is 0 Å². The summed E-state index contributed by atoms with van der Waals surface area (Å²) in [7, 11) is 0. The first-order chi connectivity index (χ1) is 8.79. The lowest BCUT2D eigenvalue weighted by molar-refractivity contribution is 0.295. The quantitative estimate of drug-likeness (QED) is 0.852. The Kier molecular flexibility index (Phi) is 4.49. The van der Waals surface area contributed by atoms with Crippen LogP contribution in [0.1, 0.15) is 12.2 Å². The molecule has 0 aliphatic carbocycles. The summed E-state index contributed by atoms with van der Waals surface area (Å²) in [5.41, 5.74) is 5.41. The van der Waals surface area contributed by atoms with Crippen LogP contribution >= 0.6 is 11.6 Å². The highest BCUT2D eigenvalue weighted by Gasteiger charge is 2.05. The van der Waals surface area contributed by atoms with E-state index in [1.165, 1.54) is 4.80 Å². The Morgan fingerprint density at radius 3 is 2.94 bits per heavy atom. The van der Waals surface area contributed by atoms with Crippen LogP contribution in [-0.4, -0.2) is 26.8 Å². The summed E-state index contributed by atoms with van der Waals surface area (Å²) in [6, 6.07) is 7.26. The number of hydrogen-bond acceptors (Lipinski definition) is 5. The molecule has 18 heavy (non-hydrogen) atoms. The molecule has 0 aliphatic rings. The van der Waals surface area contributed by atoms with E-state index in [0.717, 1.165) is 6.42 Å². The van der Waals surface area contributed by atoms with E-state index in [0.29, 0.717) is 29.7 Å². The standard InChI is InChI=1S/C11H14ClN5O/c12-9-4-1-2-5-10(9)18-8-11-14-16-17(15-11)7-3-6-13/h1-2,4-5H,3,6-8,13H2. The highest BCUT2D eigenvalue weighted by molar-refractivity contribution is 6.32. The largest absolute Gasteiger partial charge is 0.484 e. The minimum Gasteiger partial charge on any atom is -0.484 e. The van der Waals surface area contributed by atoms with E-state index in [2.05, 4.69) is 15.4 Å². The van der Waals surface area contributed by atoms with Gasteiger partial charge in [0.15, 0.2) is 6.61 Å². The maximum Gasteiger partial charge on any atom is 0.212 e. The van der Waals surface area contributed by atoms with Gasteiger partial charge in [-0.05, 0) is 30.3 Å². The van der Waals surface area contributed by atoms with E-state index in [1.807, 2.05) is 12.1 Å². The molecule has 0 spiro atoms. The third kappa shape index (κ3) is 3.41. The molecule has 0 atom stereocenters. The summed E-state index contributed by atoms with van der Waals surface area (Å²) in [6.07, 6.45) is 0.821. The van der Waals surface area contributed by atoms with Gasteiger partial charge in [0, 0.05) is 0 Å². The summed E-state index contributed by atoms with van der Waals surface area (Å²) < 4.78 is 5.51. The van der Waals surface area contributed by atoms with Crippen molar-refractivity contribution in [2.75, 3.05) is 6.54 Å². The Morgan fingerprint density at radius 1 is 1.33 bits per heavy atom. The molecule has 1 heterocycles. The van der Waals surface area contributed by atoms with E-state index in [9.17, 15) is 0 Å². The number of para-hydroxylation sites is 1. The number of hydrogen-bond donors (Lipinski definition) is 1. The number of benzene rings is 1. The average molecular weight is 268 g/mol. The number of aromatic nitrogens is 4. The maximum atomic E-state index is 5.96. The van der Waals surface area contributed by atoms with Gasteiger partial charge >= 0.3 is 0 Å². The van der Waals surface area contributed by atoms with Gasteiger partial charge in [-0.25, -0.2) is 0 Å². The van der Waals surface area contributed by atoms with E-state index >= 15 is 0 Å². The van der Waals surface area contributed by atoms with Gasteiger partial charge in [0.05, 0.1) is 11.6 Å². The number of tetrazole rings is 1. The second kappa shape index (κ2) is 6.32. The molecule has 2 aromatic rings. The minimum atomic E-state index is 0.242. The molecule has 0 radical (unpaired) electrons. The lowest BCUT2D eigenvalue weighted by Gasteiger charge is -2.04. The zero-order valence-corrected chi connectivity index (χ0v) is 10.5. The SMILES string of the molecule is NCCCn1nnc(COc2ccccc2Cl)n1. The molecule has 0 saturated heterocycles. The number of ether oxygens (including phenoxy) is 1. The van der Waals surface area contributed by atoms with Gasteiger partial charge in [0.2, 0.25) is 5.82 Å². The molecule has 1 aromatic heterocycles. The van der Waals surface area contributed by atoms with Crippen LogP contribution in [0.3, 0.4) is 0 Å². The van der Waals surface area contributed by atoms with Gasteiger partial charge in [-0.15, -0.1) is 10.2 Å². The lowest BCUT2D eigenvalue weighted by Crippen LogP contribution is -2.08. The fourth-order valence-electron chi connectivity index (χ4n) is 1.37. The number of nitrogens with zero attached hydrogens (tertiary/aromatic N) is 4. The predicted molar refractivity (Wildman–Crippen MR) is 67.3 cm³/mol. The van der Waals surface area contributed by atoms with Crippen molar-refractivity contribution in [3.8, 4) is 5.75 Å². The average Bonchev–Trinajstić information content (AvgIpc) is 2.83. The number of halogens is 1. The topological polar surface area (TPSA) is 78.9 Å². The van der Waals surface area contributed by atoms with Crippen molar-refractivity contribution in [3.05, 3.63) is 35.1 Å². The third-order valence-corrected chi connectivity index (χ3v) is 2.56. The zero-order chi connectivity index (χ0) is 12.8. The van der Waals surface area contributed by atoms with Gasteiger partial charge in [-0.2, -0.15) is 4.80 Å². The maximum absolute atomic E-state index is 5.96. The van der Waals surface area contributed by atoms with Crippen LogP contribution in [0.15, 0.2) is 24.3 Å². The Morgan fingerprint density at radius 2 is 2.17 bits per heavy atom. The van der Waals surface area contributed by atoms with Gasteiger partial charge in [0.1, 0.15) is 5.75 Å². The first-order valence-electron chi connectivity index (χ1n) is 5.63. The Labute approximate surface area is 110 Å². The third-order valence-electron chi connectivity index (χ3n) is 2.25. The number of nitrogens with two attached hydrogens (primary N) is 1. The fraction of sp³-hybridized carbons (Fsp3) is 0.364. The van der Waals surface area contributed by atoms with E-state index in [1.54, 1.807) is 12.1 Å². The van der Waals surface area contributed by atoms with E-state index in [-0.39, 0.29) is 6.61 Å². The van der Waals surface area contributed by atoms with Gasteiger partial charge in [0.25, 0.3) is 0 Å². The molecule has 7 heteroatoms. The van der Waals surface area contributed by atoms with Gasteiger partial charge < -0.3 is 10.5 Å². The molecule has 0 saturated carbocycles. The molecule has 96 valence electrons. The summed E-state index contributed by atoms with van der Waals surface area (Å²) in [6.45, 7) is 1.51. The van der Waals surface area contributed by atoms with Crippen molar-refractivity contribution in [2.45, 2.75) is 19.6 Å². The molecule has 6 nitrogen and oxygen atoms in total. The molecule has 0 fully saturated rings. The second-order valence-corrected chi connectivity index (χ2v) is 4.07. The molecular formula is C11H14ClN5O. The first kappa shape index (κ1) is 12.8. The molecule has 0 aliphatic heterocycles. The van der Waals surface area contributed by atoms with Crippen molar-refractivity contribution in [1.29, 1.82) is 0 Å². The Balaban J connectivity index is 1.90. The van der Waals surface area contributed by atoms with Gasteiger partial charge in [-0.3, -0.25) is 0 Å². The lowest BCUT2D eigenvalue weighted by atomic mass is 10.3. The van der Waals surface area contributed by atoms with E-state index in [4.69, 9.17) is 22.1 Å². The van der Waals surface area contributed by atoms with Crippen molar-refractivity contribution < 1.29 is 4.74 Å². The Bertz CT molecular complexity index is 502. The van der Waals surface area contributed by atoms with Crippen molar-refractivity contribution in [3.63, 3.8) is 0 Å². The number of aryl methyl sites for hydroxylation is 1.